The third-order valence-electron chi connectivity index (χ3n) is 4.11. The summed E-state index contributed by atoms with van der Waals surface area (Å²) in [5.74, 6) is -0.313. The maximum Gasteiger partial charge on any atom is 0.336 e. The number of nitrogens with zero attached hydrogens (tertiary/aromatic N) is 1. The monoisotopic (exact) mass is 361 g/mol. The molecule has 0 unspecified atom stereocenters. The van der Waals surface area contributed by atoms with Crippen molar-refractivity contribution in [2.75, 3.05) is 0 Å². The van der Waals surface area contributed by atoms with Crippen LogP contribution < -0.4 is 10.4 Å². The van der Waals surface area contributed by atoms with Gasteiger partial charge < -0.3 is 13.6 Å². The SMILES string of the molecule is CC(=O)Oc1coc2c(N=Cc3ccccc3)cc3c(C)cc(=O)oc3c12. The molecule has 0 amide bonds. The Morgan fingerprint density at radius 1 is 1.15 bits per heavy atom. The van der Waals surface area contributed by atoms with Crippen molar-refractivity contribution in [1.29, 1.82) is 0 Å². The lowest BCUT2D eigenvalue weighted by atomic mass is 10.1. The molecule has 4 aromatic rings. The van der Waals surface area contributed by atoms with E-state index in [4.69, 9.17) is 13.6 Å². The van der Waals surface area contributed by atoms with E-state index in [-0.39, 0.29) is 5.75 Å². The van der Waals surface area contributed by atoms with E-state index in [9.17, 15) is 9.59 Å². The number of furan rings is 1. The largest absolute Gasteiger partial charge is 0.458 e. The Hall–Kier alpha value is -3.67. The van der Waals surface area contributed by atoms with Crippen LogP contribution in [0.5, 0.6) is 5.75 Å². The maximum absolute atomic E-state index is 11.9. The number of fused-ring (bicyclic) bond motifs is 3. The minimum Gasteiger partial charge on any atom is -0.458 e. The van der Waals surface area contributed by atoms with Crippen LogP contribution in [-0.4, -0.2) is 12.2 Å². The number of aryl methyl sites for hydroxylation is 1. The van der Waals surface area contributed by atoms with Gasteiger partial charge in [0.2, 0.25) is 0 Å². The topological polar surface area (TPSA) is 82.0 Å². The second kappa shape index (κ2) is 6.57. The number of aliphatic imine (C=N–C) groups is 1. The normalized spacial score (nSPS) is 11.5. The first kappa shape index (κ1) is 16.8. The van der Waals surface area contributed by atoms with Crippen LogP contribution >= 0.6 is 0 Å². The maximum atomic E-state index is 11.9. The van der Waals surface area contributed by atoms with Gasteiger partial charge >= 0.3 is 11.6 Å². The molecule has 6 nitrogen and oxygen atoms in total. The van der Waals surface area contributed by atoms with Crippen molar-refractivity contribution in [3.8, 4) is 5.75 Å². The average Bonchev–Trinajstić information content (AvgIpc) is 3.04. The Kier molecular flexibility index (Phi) is 4.08. The van der Waals surface area contributed by atoms with Crippen LogP contribution in [0.2, 0.25) is 0 Å². The number of carbonyl (C=O) groups is 1. The lowest BCUT2D eigenvalue weighted by Gasteiger charge is -2.05. The molecule has 4 rings (SSSR count). The number of benzene rings is 2. The molecule has 0 saturated heterocycles. The zero-order valence-electron chi connectivity index (χ0n) is 14.7. The van der Waals surface area contributed by atoms with Crippen LogP contribution in [0.15, 0.2) is 67.3 Å². The van der Waals surface area contributed by atoms with Gasteiger partial charge in [0.1, 0.15) is 17.3 Å². The molecule has 6 heteroatoms. The lowest BCUT2D eigenvalue weighted by molar-refractivity contribution is -0.131. The van der Waals surface area contributed by atoms with E-state index in [0.717, 1.165) is 11.1 Å². The Labute approximate surface area is 153 Å². The number of rotatable bonds is 3. The molecule has 0 atom stereocenters. The van der Waals surface area contributed by atoms with Gasteiger partial charge in [-0.05, 0) is 24.1 Å². The fourth-order valence-corrected chi connectivity index (χ4v) is 2.94. The van der Waals surface area contributed by atoms with Crippen molar-refractivity contribution in [2.45, 2.75) is 13.8 Å². The molecule has 0 aliphatic rings. The molecular formula is C21H15NO5. The number of ether oxygens (including phenoxy) is 1. The predicted molar refractivity (Wildman–Crippen MR) is 102 cm³/mol. The lowest BCUT2D eigenvalue weighted by Crippen LogP contribution is -2.01. The Morgan fingerprint density at radius 3 is 2.67 bits per heavy atom. The van der Waals surface area contributed by atoms with Gasteiger partial charge in [0.25, 0.3) is 0 Å². The third-order valence-corrected chi connectivity index (χ3v) is 4.11. The zero-order valence-corrected chi connectivity index (χ0v) is 14.7. The summed E-state index contributed by atoms with van der Waals surface area (Å²) in [4.78, 5) is 27.8. The van der Waals surface area contributed by atoms with Crippen molar-refractivity contribution in [2.24, 2.45) is 4.99 Å². The van der Waals surface area contributed by atoms with Crippen LogP contribution in [0.3, 0.4) is 0 Å². The van der Waals surface area contributed by atoms with Crippen molar-refractivity contribution < 1.29 is 18.4 Å². The Bertz CT molecular complexity index is 1250. The van der Waals surface area contributed by atoms with E-state index in [0.29, 0.717) is 27.6 Å². The van der Waals surface area contributed by atoms with Crippen molar-refractivity contribution in [3.05, 3.63) is 70.3 Å². The third kappa shape index (κ3) is 3.13. The second-order valence-corrected chi connectivity index (χ2v) is 6.09. The van der Waals surface area contributed by atoms with E-state index in [1.165, 1.54) is 19.3 Å². The summed E-state index contributed by atoms with van der Waals surface area (Å²) >= 11 is 0. The number of hydrogen-bond acceptors (Lipinski definition) is 6. The summed E-state index contributed by atoms with van der Waals surface area (Å²) in [5.41, 5.74) is 2.38. The highest BCUT2D eigenvalue weighted by Gasteiger charge is 2.19. The smallest absolute Gasteiger partial charge is 0.336 e. The van der Waals surface area contributed by atoms with Crippen LogP contribution in [0.1, 0.15) is 18.1 Å². The molecule has 2 aromatic heterocycles. The summed E-state index contributed by atoms with van der Waals surface area (Å²) in [7, 11) is 0. The van der Waals surface area contributed by atoms with Gasteiger partial charge in [-0.3, -0.25) is 9.79 Å². The molecule has 2 aromatic carbocycles. The standard InChI is InChI=1S/C21H15NO5/c1-12-8-18(24)27-20-15(12)9-16(22-10-14-6-4-3-5-7-14)21-19(20)17(11-25-21)26-13(2)23/h3-11H,1-2H3. The number of carbonyl (C=O) groups excluding carboxylic acids is 1. The minimum atomic E-state index is -0.501. The van der Waals surface area contributed by atoms with E-state index in [2.05, 4.69) is 4.99 Å². The van der Waals surface area contributed by atoms with Gasteiger partial charge in [-0.2, -0.15) is 0 Å². The van der Waals surface area contributed by atoms with Crippen LogP contribution in [0.25, 0.3) is 21.9 Å². The Balaban J connectivity index is 2.01. The first-order valence-electron chi connectivity index (χ1n) is 8.29. The molecule has 0 spiro atoms. The summed E-state index contributed by atoms with van der Waals surface area (Å²) in [6, 6.07) is 12.8. The fourth-order valence-electron chi connectivity index (χ4n) is 2.94. The van der Waals surface area contributed by atoms with Crippen LogP contribution in [0, 0.1) is 6.92 Å². The molecule has 0 radical (unpaired) electrons. The quantitative estimate of drug-likeness (QED) is 0.304. The molecular weight excluding hydrogens is 346 g/mol. The van der Waals surface area contributed by atoms with E-state index >= 15 is 0 Å². The van der Waals surface area contributed by atoms with Gasteiger partial charge in [0.15, 0.2) is 16.9 Å². The van der Waals surface area contributed by atoms with Crippen molar-refractivity contribution >= 4 is 39.8 Å². The van der Waals surface area contributed by atoms with Crippen molar-refractivity contribution in [3.63, 3.8) is 0 Å². The zero-order chi connectivity index (χ0) is 19.0. The predicted octanol–water partition coefficient (Wildman–Crippen LogP) is 4.52. The molecule has 0 aliphatic carbocycles. The summed E-state index contributed by atoms with van der Waals surface area (Å²) in [6.07, 6.45) is 3.03. The highest BCUT2D eigenvalue weighted by molar-refractivity contribution is 6.12. The summed E-state index contributed by atoms with van der Waals surface area (Å²) < 4.78 is 16.2. The summed E-state index contributed by atoms with van der Waals surface area (Å²) in [6.45, 7) is 3.10. The van der Waals surface area contributed by atoms with Gasteiger partial charge in [0, 0.05) is 24.6 Å². The Morgan fingerprint density at radius 2 is 1.93 bits per heavy atom. The van der Waals surface area contributed by atoms with E-state index in [1.807, 2.05) is 30.3 Å². The summed E-state index contributed by atoms with van der Waals surface area (Å²) in [5, 5.41) is 1.10. The van der Waals surface area contributed by atoms with E-state index in [1.54, 1.807) is 19.2 Å². The highest BCUT2D eigenvalue weighted by atomic mass is 16.5. The first-order chi connectivity index (χ1) is 13.0. The van der Waals surface area contributed by atoms with Gasteiger partial charge in [-0.25, -0.2) is 4.79 Å². The minimum absolute atomic E-state index is 0.188. The van der Waals surface area contributed by atoms with Gasteiger partial charge in [-0.15, -0.1) is 0 Å². The van der Waals surface area contributed by atoms with Crippen molar-refractivity contribution in [1.82, 2.24) is 0 Å². The molecule has 134 valence electrons. The average molecular weight is 361 g/mol. The molecule has 0 bridgehead atoms. The highest BCUT2D eigenvalue weighted by Crippen LogP contribution is 2.41. The number of esters is 1. The molecule has 0 aliphatic heterocycles. The van der Waals surface area contributed by atoms with Crippen LogP contribution in [0.4, 0.5) is 5.69 Å². The number of hydrogen-bond donors (Lipinski definition) is 0. The molecule has 27 heavy (non-hydrogen) atoms. The fraction of sp³-hybridized carbons (Fsp3) is 0.0952. The van der Waals surface area contributed by atoms with Gasteiger partial charge in [0.05, 0.1) is 0 Å². The van der Waals surface area contributed by atoms with Crippen LogP contribution in [-0.2, 0) is 4.79 Å². The molecule has 0 saturated carbocycles. The molecule has 2 heterocycles. The second-order valence-electron chi connectivity index (χ2n) is 6.09. The molecule has 0 N–H and O–H groups in total. The molecule has 0 fully saturated rings. The van der Waals surface area contributed by atoms with E-state index < -0.39 is 11.6 Å². The first-order valence-corrected chi connectivity index (χ1v) is 8.29. The van der Waals surface area contributed by atoms with Gasteiger partial charge in [-0.1, -0.05) is 30.3 Å².